The van der Waals surface area contributed by atoms with Crippen LogP contribution in [0.2, 0.25) is 0 Å². The second-order valence-electron chi connectivity index (χ2n) is 3.07. The molecular weight excluding hydrogens is 205 g/mol. The first-order chi connectivity index (χ1) is 7.04. The zero-order valence-corrected chi connectivity index (χ0v) is 7.96. The first-order valence-electron chi connectivity index (χ1n) is 4.45. The molecule has 0 aliphatic heterocycles. The molecule has 1 aromatic carbocycles. The van der Waals surface area contributed by atoms with Crippen LogP contribution in [0.25, 0.3) is 0 Å². The summed E-state index contributed by atoms with van der Waals surface area (Å²) in [5.41, 5.74) is -0.134. The maximum atomic E-state index is 12.4. The highest BCUT2D eigenvalue weighted by Crippen LogP contribution is 2.28. The molecule has 1 N–H and O–H groups in total. The van der Waals surface area contributed by atoms with E-state index in [0.717, 1.165) is 6.08 Å². The lowest BCUT2D eigenvalue weighted by atomic mass is 10.0. The van der Waals surface area contributed by atoms with Gasteiger partial charge >= 0.3 is 6.18 Å². The topological polar surface area (TPSA) is 20.2 Å². The van der Waals surface area contributed by atoms with Crippen molar-refractivity contribution in [3.8, 4) is 0 Å². The average Bonchev–Trinajstić information content (AvgIpc) is 2.17. The minimum Gasteiger partial charge on any atom is -0.392 e. The number of rotatable bonds is 3. The zero-order chi connectivity index (χ0) is 11.3. The van der Waals surface area contributed by atoms with Crippen LogP contribution >= 0.6 is 0 Å². The van der Waals surface area contributed by atoms with Gasteiger partial charge in [-0.15, -0.1) is 0 Å². The van der Waals surface area contributed by atoms with Gasteiger partial charge in [-0.3, -0.25) is 0 Å². The Balaban J connectivity index is 2.82. The van der Waals surface area contributed by atoms with Crippen molar-refractivity contribution in [2.75, 3.05) is 6.61 Å². The lowest BCUT2D eigenvalue weighted by molar-refractivity contribution is -0.0936. The molecule has 0 heterocycles. The Morgan fingerprint density at radius 1 is 1.20 bits per heavy atom. The van der Waals surface area contributed by atoms with Gasteiger partial charge < -0.3 is 5.11 Å². The van der Waals surface area contributed by atoms with Gasteiger partial charge in [-0.2, -0.15) is 13.2 Å². The summed E-state index contributed by atoms with van der Waals surface area (Å²) >= 11 is 0. The molecule has 0 saturated carbocycles. The zero-order valence-electron chi connectivity index (χ0n) is 7.96. The predicted molar refractivity (Wildman–Crippen MR) is 51.4 cm³/mol. The second-order valence-corrected chi connectivity index (χ2v) is 3.07. The summed E-state index contributed by atoms with van der Waals surface area (Å²) in [5, 5.41) is 8.50. The van der Waals surface area contributed by atoms with Gasteiger partial charge in [0.05, 0.1) is 6.61 Å². The molecule has 0 radical (unpaired) electrons. The van der Waals surface area contributed by atoms with Crippen molar-refractivity contribution in [3.05, 3.63) is 47.5 Å². The van der Waals surface area contributed by atoms with Gasteiger partial charge in [-0.05, 0) is 5.56 Å². The third-order valence-electron chi connectivity index (χ3n) is 1.94. The number of hydrogen-bond acceptors (Lipinski definition) is 1. The Bertz CT molecular complexity index is 327. The van der Waals surface area contributed by atoms with Gasteiger partial charge in [0.25, 0.3) is 0 Å². The summed E-state index contributed by atoms with van der Waals surface area (Å²) in [4.78, 5) is 0. The van der Waals surface area contributed by atoms with Crippen molar-refractivity contribution >= 4 is 0 Å². The smallest absolute Gasteiger partial charge is 0.392 e. The molecule has 0 aliphatic rings. The van der Waals surface area contributed by atoms with Gasteiger partial charge in [-0.1, -0.05) is 36.4 Å². The van der Waals surface area contributed by atoms with Crippen molar-refractivity contribution in [1.29, 1.82) is 0 Å². The Kier molecular flexibility index (Phi) is 3.91. The molecule has 1 nitrogen and oxygen atoms in total. The molecule has 0 amide bonds. The molecule has 15 heavy (non-hydrogen) atoms. The highest BCUT2D eigenvalue weighted by molar-refractivity contribution is 5.24. The molecule has 0 aromatic heterocycles. The van der Waals surface area contributed by atoms with Crippen molar-refractivity contribution in [2.24, 2.45) is 0 Å². The van der Waals surface area contributed by atoms with Crippen LogP contribution in [-0.2, 0) is 6.42 Å². The third-order valence-corrected chi connectivity index (χ3v) is 1.94. The fraction of sp³-hybridized carbons (Fsp3) is 0.273. The van der Waals surface area contributed by atoms with E-state index in [1.807, 2.05) is 0 Å². The van der Waals surface area contributed by atoms with Crippen molar-refractivity contribution in [1.82, 2.24) is 0 Å². The normalized spacial score (nSPS) is 12.9. The molecule has 0 bridgehead atoms. The molecule has 0 aliphatic carbocycles. The third kappa shape index (κ3) is 3.75. The molecule has 4 heteroatoms. The number of aliphatic hydroxyl groups is 1. The van der Waals surface area contributed by atoms with Crippen LogP contribution in [0.15, 0.2) is 42.0 Å². The van der Waals surface area contributed by atoms with Gasteiger partial charge in [0.2, 0.25) is 0 Å². The fourth-order valence-corrected chi connectivity index (χ4v) is 1.21. The minimum absolute atomic E-state index is 0.203. The SMILES string of the molecule is OCC=C(Cc1ccccc1)C(F)(F)F. The molecule has 1 rings (SSSR count). The second kappa shape index (κ2) is 4.98. The largest absolute Gasteiger partial charge is 0.412 e. The van der Waals surface area contributed by atoms with E-state index in [4.69, 9.17) is 5.11 Å². The number of hydrogen-bond donors (Lipinski definition) is 1. The summed E-state index contributed by atoms with van der Waals surface area (Å²) in [6.07, 6.45) is -3.78. The lowest BCUT2D eigenvalue weighted by Gasteiger charge is -2.11. The maximum Gasteiger partial charge on any atom is 0.412 e. The highest BCUT2D eigenvalue weighted by Gasteiger charge is 2.32. The first kappa shape index (κ1) is 11.8. The number of allylic oxidation sites excluding steroid dienone is 1. The molecule has 82 valence electrons. The molecule has 0 unspecified atom stereocenters. The summed E-state index contributed by atoms with van der Waals surface area (Å²) < 4.78 is 37.2. The monoisotopic (exact) mass is 216 g/mol. The highest BCUT2D eigenvalue weighted by atomic mass is 19.4. The lowest BCUT2D eigenvalue weighted by Crippen LogP contribution is -2.14. The molecule has 0 spiro atoms. The maximum absolute atomic E-state index is 12.4. The van der Waals surface area contributed by atoms with Crippen LogP contribution < -0.4 is 0 Å². The van der Waals surface area contributed by atoms with E-state index >= 15 is 0 Å². The van der Waals surface area contributed by atoms with E-state index in [9.17, 15) is 13.2 Å². The predicted octanol–water partition coefficient (Wildman–Crippen LogP) is 2.71. The molecule has 1 aromatic rings. The number of halogens is 3. The summed E-state index contributed by atoms with van der Waals surface area (Å²) in [6.45, 7) is -0.596. The first-order valence-corrected chi connectivity index (χ1v) is 4.45. The van der Waals surface area contributed by atoms with Crippen LogP contribution in [0.4, 0.5) is 13.2 Å². The molecule has 0 atom stereocenters. The number of aliphatic hydroxyl groups excluding tert-OH is 1. The quantitative estimate of drug-likeness (QED) is 0.770. The van der Waals surface area contributed by atoms with E-state index in [1.54, 1.807) is 30.3 Å². The van der Waals surface area contributed by atoms with Crippen LogP contribution in [0.5, 0.6) is 0 Å². The van der Waals surface area contributed by atoms with Crippen molar-refractivity contribution in [2.45, 2.75) is 12.6 Å². The van der Waals surface area contributed by atoms with E-state index in [1.165, 1.54) is 0 Å². The van der Waals surface area contributed by atoms with E-state index in [0.29, 0.717) is 5.56 Å². The number of benzene rings is 1. The molecule has 0 fully saturated rings. The number of alkyl halides is 3. The standard InChI is InChI=1S/C11H11F3O/c12-11(13,14)10(6-7-15)8-9-4-2-1-3-5-9/h1-6,15H,7-8H2. The minimum atomic E-state index is -4.38. The van der Waals surface area contributed by atoms with Crippen LogP contribution in [0.3, 0.4) is 0 Å². The summed E-state index contributed by atoms with van der Waals surface area (Å²) in [5.74, 6) is 0. The van der Waals surface area contributed by atoms with Gasteiger partial charge in [-0.25, -0.2) is 0 Å². The van der Waals surface area contributed by atoms with Crippen LogP contribution in [0, 0.1) is 0 Å². The molecular formula is C11H11F3O. The van der Waals surface area contributed by atoms with E-state index in [-0.39, 0.29) is 6.42 Å². The van der Waals surface area contributed by atoms with Gasteiger partial charge in [0, 0.05) is 12.0 Å². The fourth-order valence-electron chi connectivity index (χ4n) is 1.21. The summed E-state index contributed by atoms with van der Waals surface area (Å²) in [7, 11) is 0. The Morgan fingerprint density at radius 2 is 1.80 bits per heavy atom. The van der Waals surface area contributed by atoms with Crippen molar-refractivity contribution in [3.63, 3.8) is 0 Å². The van der Waals surface area contributed by atoms with Gasteiger partial charge in [0.15, 0.2) is 0 Å². The van der Waals surface area contributed by atoms with E-state index in [2.05, 4.69) is 0 Å². The van der Waals surface area contributed by atoms with Crippen LogP contribution in [-0.4, -0.2) is 17.9 Å². The van der Waals surface area contributed by atoms with Crippen molar-refractivity contribution < 1.29 is 18.3 Å². The van der Waals surface area contributed by atoms with E-state index < -0.39 is 18.4 Å². The average molecular weight is 216 g/mol. The molecule has 0 saturated heterocycles. The van der Waals surface area contributed by atoms with Crippen LogP contribution in [0.1, 0.15) is 5.56 Å². The van der Waals surface area contributed by atoms with Gasteiger partial charge in [0.1, 0.15) is 0 Å². The Labute approximate surface area is 85.9 Å². The Morgan fingerprint density at radius 3 is 2.27 bits per heavy atom. The Hall–Kier alpha value is -1.29. The summed E-state index contributed by atoms with van der Waals surface area (Å²) in [6, 6.07) is 8.35.